The van der Waals surface area contributed by atoms with Crippen molar-refractivity contribution < 1.29 is 13.2 Å². The van der Waals surface area contributed by atoms with Gasteiger partial charge >= 0.3 is 6.03 Å². The van der Waals surface area contributed by atoms with E-state index in [1.807, 2.05) is 4.72 Å². The number of urea groups is 1. The Bertz CT molecular complexity index is 923. The van der Waals surface area contributed by atoms with Crippen molar-refractivity contribution in [2.24, 2.45) is 0 Å². The van der Waals surface area contributed by atoms with Crippen LogP contribution in [0.5, 0.6) is 0 Å². The number of benzene rings is 1. The van der Waals surface area contributed by atoms with E-state index in [0.717, 1.165) is 0 Å². The van der Waals surface area contributed by atoms with Crippen LogP contribution in [0.1, 0.15) is 23.9 Å². The first-order chi connectivity index (χ1) is 11.3. The summed E-state index contributed by atoms with van der Waals surface area (Å²) >= 11 is 0. The highest BCUT2D eigenvalue weighted by Gasteiger charge is 2.21. The highest BCUT2D eigenvalue weighted by atomic mass is 32.2. The van der Waals surface area contributed by atoms with Gasteiger partial charge in [-0.3, -0.25) is 5.32 Å². The summed E-state index contributed by atoms with van der Waals surface area (Å²) in [4.78, 5) is 19.9. The van der Waals surface area contributed by atoms with Crippen molar-refractivity contribution in [1.82, 2.24) is 14.7 Å². The first-order valence-electron chi connectivity index (χ1n) is 6.99. The Morgan fingerprint density at radius 3 is 2.38 bits per heavy atom. The van der Waals surface area contributed by atoms with Crippen molar-refractivity contribution in [3.8, 4) is 11.8 Å². The summed E-state index contributed by atoms with van der Waals surface area (Å²) < 4.78 is 26.7. The molecule has 8 heteroatoms. The normalized spacial score (nSPS) is 10.5. The molecule has 0 radical (unpaired) electrons. The van der Waals surface area contributed by atoms with Crippen molar-refractivity contribution in [3.05, 3.63) is 47.3 Å². The van der Waals surface area contributed by atoms with Crippen molar-refractivity contribution in [2.75, 3.05) is 5.32 Å². The smallest absolute Gasteiger partial charge is 0.275 e. The van der Waals surface area contributed by atoms with E-state index in [2.05, 4.69) is 27.1 Å². The molecule has 2 amide bonds. The third kappa shape index (κ3) is 4.30. The minimum Gasteiger partial charge on any atom is -0.275 e. The maximum absolute atomic E-state index is 12.4. The van der Waals surface area contributed by atoms with Gasteiger partial charge in [-0.25, -0.2) is 27.9 Å². The Labute approximate surface area is 140 Å². The third-order valence-corrected chi connectivity index (χ3v) is 4.26. The van der Waals surface area contributed by atoms with Gasteiger partial charge in [0.15, 0.2) is 0 Å². The summed E-state index contributed by atoms with van der Waals surface area (Å²) in [6, 6.07) is 6.96. The second-order valence-electron chi connectivity index (χ2n) is 4.91. The molecule has 0 fully saturated rings. The molecule has 0 aliphatic heterocycles. The molecule has 0 aliphatic carbocycles. The number of carbonyl (C=O) groups is 1. The first kappa shape index (κ1) is 17.4. The molecule has 124 valence electrons. The molecule has 0 aliphatic rings. The summed E-state index contributed by atoms with van der Waals surface area (Å²) in [5.74, 6) is 5.36. The standard InChI is InChI=1S/C16H16N4O3S/c1-4-7-13-8-5-6-9-14(13)24(22,23)20-16(21)19-15-17-11(2)10-12(3)18-15/h5-6,8-10H,1-3H3,(H2,17,18,19,20,21). The highest BCUT2D eigenvalue weighted by Crippen LogP contribution is 2.14. The van der Waals surface area contributed by atoms with Gasteiger partial charge in [-0.05, 0) is 39.0 Å². The van der Waals surface area contributed by atoms with Crippen LogP contribution in [0.3, 0.4) is 0 Å². The van der Waals surface area contributed by atoms with Crippen molar-refractivity contribution in [2.45, 2.75) is 25.7 Å². The first-order valence-corrected chi connectivity index (χ1v) is 8.48. The molecule has 24 heavy (non-hydrogen) atoms. The van der Waals surface area contributed by atoms with Gasteiger partial charge in [0.05, 0.1) is 0 Å². The number of anilines is 1. The lowest BCUT2D eigenvalue weighted by molar-refractivity contribution is 0.256. The van der Waals surface area contributed by atoms with Crippen LogP contribution in [0.2, 0.25) is 0 Å². The summed E-state index contributed by atoms with van der Waals surface area (Å²) in [5, 5.41) is 2.31. The zero-order valence-corrected chi connectivity index (χ0v) is 14.2. The van der Waals surface area contributed by atoms with E-state index in [1.165, 1.54) is 6.07 Å². The number of amides is 2. The van der Waals surface area contributed by atoms with Crippen LogP contribution in [0, 0.1) is 25.7 Å². The van der Waals surface area contributed by atoms with Gasteiger partial charge in [-0.1, -0.05) is 18.1 Å². The summed E-state index contributed by atoms with van der Waals surface area (Å²) in [7, 11) is -4.07. The fraction of sp³-hybridized carbons (Fsp3) is 0.188. The average molecular weight is 344 g/mol. The number of aryl methyl sites for hydroxylation is 2. The summed E-state index contributed by atoms with van der Waals surface area (Å²) in [6.45, 7) is 5.09. The molecule has 0 spiro atoms. The molecule has 1 heterocycles. The van der Waals surface area contributed by atoms with Crippen molar-refractivity contribution >= 4 is 22.0 Å². The van der Waals surface area contributed by atoms with Crippen LogP contribution in [0.4, 0.5) is 10.7 Å². The molecule has 0 saturated heterocycles. The number of nitrogens with zero attached hydrogens (tertiary/aromatic N) is 2. The number of nitrogens with one attached hydrogen (secondary N) is 2. The molecule has 0 saturated carbocycles. The second-order valence-corrected chi connectivity index (χ2v) is 6.56. The topological polar surface area (TPSA) is 101 Å². The zero-order chi connectivity index (χ0) is 17.7. The van der Waals surface area contributed by atoms with Crippen LogP contribution >= 0.6 is 0 Å². The fourth-order valence-electron chi connectivity index (χ4n) is 2.02. The molecule has 0 bridgehead atoms. The number of aromatic nitrogens is 2. The number of hydrogen-bond donors (Lipinski definition) is 2. The lowest BCUT2D eigenvalue weighted by Gasteiger charge is -2.09. The highest BCUT2D eigenvalue weighted by molar-refractivity contribution is 7.90. The Morgan fingerprint density at radius 1 is 1.12 bits per heavy atom. The molecular weight excluding hydrogens is 328 g/mol. The number of sulfonamides is 1. The van der Waals surface area contributed by atoms with Gasteiger partial charge in [-0.2, -0.15) is 0 Å². The van der Waals surface area contributed by atoms with E-state index in [4.69, 9.17) is 0 Å². The van der Waals surface area contributed by atoms with Gasteiger partial charge in [0.1, 0.15) is 4.90 Å². The lowest BCUT2D eigenvalue weighted by atomic mass is 10.2. The number of hydrogen-bond acceptors (Lipinski definition) is 5. The monoisotopic (exact) mass is 344 g/mol. The molecular formula is C16H16N4O3S. The van der Waals surface area contributed by atoms with Crippen molar-refractivity contribution in [1.29, 1.82) is 0 Å². The molecule has 1 aromatic heterocycles. The molecule has 2 rings (SSSR count). The van der Waals surface area contributed by atoms with Crippen LogP contribution in [-0.4, -0.2) is 24.4 Å². The van der Waals surface area contributed by atoms with Crippen LogP contribution in [0.15, 0.2) is 35.2 Å². The molecule has 7 nitrogen and oxygen atoms in total. The Morgan fingerprint density at radius 2 is 1.75 bits per heavy atom. The Hall–Kier alpha value is -2.92. The SMILES string of the molecule is CC#Cc1ccccc1S(=O)(=O)NC(=O)Nc1nc(C)cc(C)n1. The second kappa shape index (κ2) is 7.10. The summed E-state index contributed by atoms with van der Waals surface area (Å²) in [5.41, 5.74) is 1.62. The molecule has 2 N–H and O–H groups in total. The fourth-order valence-corrected chi connectivity index (χ4v) is 3.10. The predicted molar refractivity (Wildman–Crippen MR) is 89.8 cm³/mol. The maximum Gasteiger partial charge on any atom is 0.335 e. The van der Waals surface area contributed by atoms with Gasteiger partial charge in [-0.15, -0.1) is 5.92 Å². The van der Waals surface area contributed by atoms with E-state index in [1.54, 1.807) is 45.0 Å². The maximum atomic E-state index is 12.4. The van der Waals surface area contributed by atoms with E-state index in [0.29, 0.717) is 17.0 Å². The van der Waals surface area contributed by atoms with Gasteiger partial charge < -0.3 is 0 Å². The number of carbonyl (C=O) groups excluding carboxylic acids is 1. The Balaban J connectivity index is 2.22. The summed E-state index contributed by atoms with van der Waals surface area (Å²) in [6.07, 6.45) is 0. The minimum absolute atomic E-state index is 0.0295. The van der Waals surface area contributed by atoms with E-state index < -0.39 is 16.1 Å². The van der Waals surface area contributed by atoms with Crippen LogP contribution in [0.25, 0.3) is 0 Å². The van der Waals surface area contributed by atoms with Gasteiger partial charge in [0, 0.05) is 17.0 Å². The van der Waals surface area contributed by atoms with Crippen molar-refractivity contribution in [3.63, 3.8) is 0 Å². The van der Waals surface area contributed by atoms with E-state index >= 15 is 0 Å². The largest absolute Gasteiger partial charge is 0.335 e. The third-order valence-electron chi connectivity index (χ3n) is 2.87. The zero-order valence-electron chi connectivity index (χ0n) is 13.4. The average Bonchev–Trinajstić information content (AvgIpc) is 2.46. The van der Waals surface area contributed by atoms with E-state index in [9.17, 15) is 13.2 Å². The molecule has 1 aromatic carbocycles. The van der Waals surface area contributed by atoms with Crippen LogP contribution in [-0.2, 0) is 10.0 Å². The quantitative estimate of drug-likeness (QED) is 0.829. The Kier molecular flexibility index (Phi) is 5.16. The molecule has 2 aromatic rings. The number of rotatable bonds is 3. The van der Waals surface area contributed by atoms with Gasteiger partial charge in [0.25, 0.3) is 10.0 Å². The van der Waals surface area contributed by atoms with Gasteiger partial charge in [0.2, 0.25) is 5.95 Å². The van der Waals surface area contributed by atoms with Crippen LogP contribution < -0.4 is 10.0 Å². The predicted octanol–water partition coefficient (Wildman–Crippen LogP) is 1.98. The molecule has 0 atom stereocenters. The lowest BCUT2D eigenvalue weighted by Crippen LogP contribution is -2.35. The molecule has 0 unspecified atom stereocenters. The minimum atomic E-state index is -4.07. The van der Waals surface area contributed by atoms with E-state index in [-0.39, 0.29) is 10.8 Å².